The molecule has 0 radical (unpaired) electrons. The zero-order valence-electron chi connectivity index (χ0n) is 23.3. The van der Waals surface area contributed by atoms with Crippen molar-refractivity contribution in [1.29, 1.82) is 0 Å². The third kappa shape index (κ3) is 6.52. The molecule has 0 saturated heterocycles. The monoisotopic (exact) mass is 596 g/mol. The molecule has 1 amide bonds. The lowest BCUT2D eigenvalue weighted by Crippen LogP contribution is -2.44. The Labute approximate surface area is 239 Å². The number of halogens is 6. The van der Waals surface area contributed by atoms with Gasteiger partial charge in [-0.05, 0) is 48.7 Å². The maximum absolute atomic E-state index is 13.6. The highest BCUT2D eigenvalue weighted by atomic mass is 19.4. The van der Waals surface area contributed by atoms with Crippen molar-refractivity contribution in [2.75, 3.05) is 26.2 Å². The number of carbonyl (C=O) groups excluding carboxylic acids is 1. The summed E-state index contributed by atoms with van der Waals surface area (Å²) in [7, 11) is 4.01. The molecule has 0 N–H and O–H groups in total. The first-order chi connectivity index (χ1) is 19.8. The minimum absolute atomic E-state index is 0.0581. The molecule has 0 saturated carbocycles. The number of hydrogen-bond donors (Lipinski definition) is 0. The minimum atomic E-state index is -5.03. The van der Waals surface area contributed by atoms with E-state index in [1.54, 1.807) is 12.1 Å². The number of nitrogens with zero attached hydrogens (tertiary/aromatic N) is 2. The van der Waals surface area contributed by atoms with Gasteiger partial charge in [0.15, 0.2) is 11.5 Å². The number of anilines is 1. The predicted molar refractivity (Wildman–Crippen MR) is 143 cm³/mol. The molecular formula is C30H30F6N2O4. The maximum atomic E-state index is 13.6. The molecule has 0 aliphatic carbocycles. The zero-order chi connectivity index (χ0) is 30.8. The number of ether oxygens (including phenoxy) is 3. The second-order valence-corrected chi connectivity index (χ2v) is 9.99. The van der Waals surface area contributed by atoms with Crippen LogP contribution in [0.3, 0.4) is 0 Å². The largest absolute Gasteiger partial charge is 0.493 e. The smallest absolute Gasteiger partial charge is 0.416 e. The molecule has 12 heteroatoms. The summed E-state index contributed by atoms with van der Waals surface area (Å²) in [5.41, 5.74) is -1.00. The van der Waals surface area contributed by atoms with E-state index < -0.39 is 42.2 Å². The Balaban J connectivity index is 1.84. The van der Waals surface area contributed by atoms with Gasteiger partial charge in [0.2, 0.25) is 0 Å². The molecule has 2 atom stereocenters. The summed E-state index contributed by atoms with van der Waals surface area (Å²) in [6.45, 7) is 1.86. The van der Waals surface area contributed by atoms with Gasteiger partial charge in [0.25, 0.3) is 0 Å². The Bertz CT molecular complexity index is 1380. The van der Waals surface area contributed by atoms with Crippen molar-refractivity contribution < 1.29 is 45.3 Å². The van der Waals surface area contributed by atoms with Gasteiger partial charge in [-0.2, -0.15) is 26.3 Å². The molecule has 3 aromatic carbocycles. The Morgan fingerprint density at radius 2 is 1.43 bits per heavy atom. The Hall–Kier alpha value is -4.09. The van der Waals surface area contributed by atoms with Crippen LogP contribution >= 0.6 is 0 Å². The summed E-state index contributed by atoms with van der Waals surface area (Å²) >= 11 is 0. The number of rotatable bonds is 7. The first-order valence-corrected chi connectivity index (χ1v) is 13.0. The fraction of sp³-hybridized carbons (Fsp3) is 0.367. The Morgan fingerprint density at radius 3 is 1.95 bits per heavy atom. The molecule has 1 heterocycles. The van der Waals surface area contributed by atoms with Crippen LogP contribution in [0, 0.1) is 0 Å². The van der Waals surface area contributed by atoms with Crippen LogP contribution in [0.15, 0.2) is 60.7 Å². The van der Waals surface area contributed by atoms with Gasteiger partial charge in [-0.25, -0.2) is 4.79 Å². The molecule has 0 fully saturated rings. The van der Waals surface area contributed by atoms with Crippen molar-refractivity contribution in [2.45, 2.75) is 50.9 Å². The highest BCUT2D eigenvalue weighted by Gasteiger charge is 2.40. The van der Waals surface area contributed by atoms with Gasteiger partial charge >= 0.3 is 18.4 Å². The van der Waals surface area contributed by atoms with Crippen LogP contribution in [0.1, 0.15) is 47.2 Å². The van der Waals surface area contributed by atoms with Crippen LogP contribution < -0.4 is 14.4 Å². The van der Waals surface area contributed by atoms with E-state index >= 15 is 0 Å². The molecule has 3 aromatic rings. The number of carbonyl (C=O) groups is 1. The first-order valence-electron chi connectivity index (χ1n) is 13.0. The van der Waals surface area contributed by atoms with Gasteiger partial charge in [0.1, 0.15) is 0 Å². The van der Waals surface area contributed by atoms with E-state index in [1.807, 2.05) is 37.3 Å². The molecule has 1 aliphatic rings. The van der Waals surface area contributed by atoms with Gasteiger partial charge in [-0.15, -0.1) is 0 Å². The lowest BCUT2D eigenvalue weighted by atomic mass is 9.89. The van der Waals surface area contributed by atoms with Crippen LogP contribution in [0.2, 0.25) is 0 Å². The van der Waals surface area contributed by atoms with Crippen LogP contribution in [0.4, 0.5) is 36.8 Å². The molecule has 42 heavy (non-hydrogen) atoms. The predicted octanol–water partition coefficient (Wildman–Crippen LogP) is 7.85. The third-order valence-corrected chi connectivity index (χ3v) is 7.28. The number of fused-ring (bicyclic) bond motifs is 1. The molecule has 0 spiro atoms. The van der Waals surface area contributed by atoms with E-state index in [-0.39, 0.29) is 17.7 Å². The second kappa shape index (κ2) is 12.0. The van der Waals surface area contributed by atoms with Gasteiger partial charge < -0.3 is 19.1 Å². The van der Waals surface area contributed by atoms with Crippen molar-refractivity contribution in [3.63, 3.8) is 0 Å². The normalized spacial score (nSPS) is 17.0. The van der Waals surface area contributed by atoms with Gasteiger partial charge in [-0.1, -0.05) is 30.3 Å². The topological polar surface area (TPSA) is 51.2 Å². The third-order valence-electron chi connectivity index (χ3n) is 7.28. The van der Waals surface area contributed by atoms with Gasteiger partial charge in [0, 0.05) is 36.4 Å². The second-order valence-electron chi connectivity index (χ2n) is 9.99. The van der Waals surface area contributed by atoms with Crippen molar-refractivity contribution in [1.82, 2.24) is 4.90 Å². The summed E-state index contributed by atoms with van der Waals surface area (Å²) < 4.78 is 97.4. The van der Waals surface area contributed by atoms with Gasteiger partial charge in [-0.3, -0.25) is 4.90 Å². The molecule has 0 bridgehead atoms. The van der Waals surface area contributed by atoms with Crippen molar-refractivity contribution in [3.8, 4) is 11.5 Å². The Morgan fingerprint density at radius 1 is 0.857 bits per heavy atom. The molecule has 4 rings (SSSR count). The zero-order valence-corrected chi connectivity index (χ0v) is 23.3. The summed E-state index contributed by atoms with van der Waals surface area (Å²) in [6.07, 6.45) is -10.7. The van der Waals surface area contributed by atoms with Crippen molar-refractivity contribution in [2.24, 2.45) is 0 Å². The van der Waals surface area contributed by atoms with E-state index in [0.717, 1.165) is 17.6 Å². The highest BCUT2D eigenvalue weighted by molar-refractivity contribution is 5.71. The van der Waals surface area contributed by atoms with E-state index in [9.17, 15) is 31.1 Å². The summed E-state index contributed by atoms with van der Waals surface area (Å²) in [6, 6.07) is 13.4. The molecular weight excluding hydrogens is 566 g/mol. The number of hydrogen-bond acceptors (Lipinski definition) is 5. The minimum Gasteiger partial charge on any atom is -0.493 e. The summed E-state index contributed by atoms with van der Waals surface area (Å²) in [5, 5.41) is 0. The number of benzene rings is 3. The average molecular weight is 597 g/mol. The molecule has 226 valence electrons. The molecule has 1 aliphatic heterocycles. The number of alkyl halides is 6. The highest BCUT2D eigenvalue weighted by Crippen LogP contribution is 2.47. The lowest BCUT2D eigenvalue weighted by Gasteiger charge is -2.44. The summed E-state index contributed by atoms with van der Waals surface area (Å²) in [4.78, 5) is 16.4. The summed E-state index contributed by atoms with van der Waals surface area (Å²) in [5.74, 6) is 0.762. The first kappa shape index (κ1) is 30.9. The molecule has 0 aromatic heterocycles. The molecule has 6 nitrogen and oxygen atoms in total. The van der Waals surface area contributed by atoms with E-state index in [0.29, 0.717) is 47.8 Å². The van der Waals surface area contributed by atoms with E-state index in [1.165, 1.54) is 14.2 Å². The average Bonchev–Trinajstić information content (AvgIpc) is 2.95. The van der Waals surface area contributed by atoms with Gasteiger partial charge in [0.05, 0.1) is 38.5 Å². The van der Waals surface area contributed by atoms with Crippen LogP contribution in [-0.4, -0.2) is 38.4 Å². The van der Waals surface area contributed by atoms with Crippen LogP contribution in [-0.2, 0) is 30.2 Å². The van der Waals surface area contributed by atoms with Crippen LogP contribution in [0.5, 0.6) is 11.5 Å². The van der Waals surface area contributed by atoms with Crippen LogP contribution in [0.25, 0.3) is 0 Å². The van der Waals surface area contributed by atoms with Crippen molar-refractivity contribution in [3.05, 3.63) is 88.5 Å². The maximum Gasteiger partial charge on any atom is 0.416 e. The number of methoxy groups -OCH3 is 3. The van der Waals surface area contributed by atoms with E-state index in [2.05, 4.69) is 4.90 Å². The standard InChI is InChI=1S/C30H30F6N2O4/c1-18-10-24(23-14-26(40-2)27(41-3)15-25(23)37(18)16-19-8-6-5-7-9-19)38(28(39)42-4)17-20-11-21(29(31,32)33)13-22(12-20)30(34,35)36/h5-9,11-15,18,24H,10,16-17H2,1-4H3/t18-,24+/m1/s1. The fourth-order valence-corrected chi connectivity index (χ4v) is 5.26. The lowest BCUT2D eigenvalue weighted by molar-refractivity contribution is -0.143. The van der Waals surface area contributed by atoms with E-state index in [4.69, 9.17) is 14.2 Å². The quantitative estimate of drug-likeness (QED) is 0.260. The molecule has 0 unspecified atom stereocenters. The SMILES string of the molecule is COC(=O)N(Cc1cc(C(F)(F)F)cc(C(F)(F)F)c1)[C@H]1C[C@@H](C)N(Cc2ccccc2)c2cc(OC)c(OC)cc21. The number of amides is 1. The Kier molecular flexibility index (Phi) is 8.84. The fourth-order valence-electron chi connectivity index (χ4n) is 5.26. The van der Waals surface area contributed by atoms with Crippen molar-refractivity contribution >= 4 is 11.8 Å².